The van der Waals surface area contributed by atoms with Crippen LogP contribution in [0.4, 0.5) is 0 Å². The van der Waals surface area contributed by atoms with Crippen LogP contribution in [0.25, 0.3) is 0 Å². The van der Waals surface area contributed by atoms with Crippen LogP contribution in [0.1, 0.15) is 49.8 Å². The van der Waals surface area contributed by atoms with E-state index in [1.165, 1.54) is 18.4 Å². The van der Waals surface area contributed by atoms with Gasteiger partial charge in [0.05, 0.1) is 11.8 Å². The molecule has 30 heavy (non-hydrogen) atoms. The van der Waals surface area contributed by atoms with Gasteiger partial charge in [-0.05, 0) is 63.3 Å². The van der Waals surface area contributed by atoms with Crippen molar-refractivity contribution in [3.8, 4) is 5.75 Å². The number of piperidine rings is 1. The minimum Gasteiger partial charge on any atom is -0.490 e. The molecule has 0 N–H and O–H groups in total. The molecule has 1 aliphatic carbocycles. The van der Waals surface area contributed by atoms with E-state index in [-0.39, 0.29) is 5.91 Å². The molecule has 0 spiro atoms. The van der Waals surface area contributed by atoms with Gasteiger partial charge in [-0.15, -0.1) is 0 Å². The highest BCUT2D eigenvalue weighted by Gasteiger charge is 2.45. The largest absolute Gasteiger partial charge is 0.490 e. The zero-order valence-corrected chi connectivity index (χ0v) is 18.2. The van der Waals surface area contributed by atoms with Crippen LogP contribution in [0, 0.1) is 0 Å². The van der Waals surface area contributed by atoms with Crippen molar-refractivity contribution in [3.05, 3.63) is 59.9 Å². The van der Waals surface area contributed by atoms with Crippen molar-refractivity contribution in [2.24, 2.45) is 0 Å². The maximum absolute atomic E-state index is 13.3. The Morgan fingerprint density at radius 3 is 2.63 bits per heavy atom. The van der Waals surface area contributed by atoms with Crippen LogP contribution in [0.5, 0.6) is 5.75 Å². The number of likely N-dealkylation sites (tertiary alicyclic amines) is 1. The highest BCUT2D eigenvalue weighted by molar-refractivity contribution is 5.88. The van der Waals surface area contributed by atoms with Crippen LogP contribution < -0.4 is 4.74 Å². The number of hydrogen-bond acceptors (Lipinski definition) is 4. The number of carbonyl (C=O) groups excluding carboxylic acids is 1. The quantitative estimate of drug-likeness (QED) is 0.725. The van der Waals surface area contributed by atoms with Crippen molar-refractivity contribution in [1.29, 1.82) is 0 Å². The molecule has 2 aromatic rings. The summed E-state index contributed by atoms with van der Waals surface area (Å²) >= 11 is 0. The van der Waals surface area contributed by atoms with Crippen LogP contribution in [-0.2, 0) is 16.8 Å². The predicted octanol–water partition coefficient (Wildman–Crippen LogP) is 4.03. The van der Waals surface area contributed by atoms with Crippen molar-refractivity contribution >= 4 is 5.91 Å². The molecule has 1 amide bonds. The predicted molar refractivity (Wildman–Crippen MR) is 118 cm³/mol. The number of aromatic nitrogens is 1. The second kappa shape index (κ2) is 9.17. The van der Waals surface area contributed by atoms with Gasteiger partial charge in [0.2, 0.25) is 5.91 Å². The molecule has 4 rings (SSSR count). The summed E-state index contributed by atoms with van der Waals surface area (Å²) in [4.78, 5) is 22.1. The molecule has 0 unspecified atom stereocenters. The second-order valence-corrected chi connectivity index (χ2v) is 8.94. The molecule has 2 aliphatic rings. The van der Waals surface area contributed by atoms with E-state index in [0.717, 1.165) is 50.2 Å². The Kier molecular flexibility index (Phi) is 6.38. The number of amides is 1. The number of carbonyl (C=O) groups is 1. The molecule has 0 radical (unpaired) electrons. The molecule has 1 saturated heterocycles. The van der Waals surface area contributed by atoms with E-state index in [2.05, 4.69) is 34.1 Å². The van der Waals surface area contributed by atoms with Gasteiger partial charge in [-0.2, -0.15) is 0 Å². The average molecular weight is 408 g/mol. The van der Waals surface area contributed by atoms with E-state index in [9.17, 15) is 4.79 Å². The molecule has 1 aromatic heterocycles. The van der Waals surface area contributed by atoms with E-state index in [4.69, 9.17) is 4.74 Å². The Bertz CT molecular complexity index is 848. The first-order valence-corrected chi connectivity index (χ1v) is 11.2. The number of para-hydroxylation sites is 1. The summed E-state index contributed by atoms with van der Waals surface area (Å²) < 4.78 is 6.36. The molecule has 1 aromatic carbocycles. The number of nitrogens with zero attached hydrogens (tertiary/aromatic N) is 3. The van der Waals surface area contributed by atoms with E-state index >= 15 is 0 Å². The Labute approximate surface area is 180 Å². The summed E-state index contributed by atoms with van der Waals surface area (Å²) in [7, 11) is 3.69. The number of hydrogen-bond donors (Lipinski definition) is 0. The molecule has 160 valence electrons. The molecule has 5 heteroatoms. The fraction of sp³-hybridized carbons (Fsp3) is 0.520. The third kappa shape index (κ3) is 4.36. The Balaban J connectivity index is 1.57. The lowest BCUT2D eigenvalue weighted by Crippen LogP contribution is -2.54. The van der Waals surface area contributed by atoms with Crippen molar-refractivity contribution < 1.29 is 9.53 Å². The van der Waals surface area contributed by atoms with Crippen molar-refractivity contribution in [2.75, 3.05) is 27.2 Å². The monoisotopic (exact) mass is 407 g/mol. The van der Waals surface area contributed by atoms with Gasteiger partial charge in [-0.1, -0.05) is 24.3 Å². The number of pyridine rings is 1. The van der Waals surface area contributed by atoms with Crippen molar-refractivity contribution in [3.63, 3.8) is 0 Å². The van der Waals surface area contributed by atoms with Crippen LogP contribution in [0.2, 0.25) is 0 Å². The molecule has 2 fully saturated rings. The molecule has 1 aliphatic heterocycles. The number of ether oxygens (including phenoxy) is 1. The minimum absolute atomic E-state index is 0.140. The SMILES string of the molecule is CN(C)C(=O)[C@]1(c2ccccn2)CCCN(Cc2ccccc2OC2CCCC2)C1. The Hall–Kier alpha value is -2.40. The molecule has 1 atom stereocenters. The van der Waals surface area contributed by atoms with Gasteiger partial charge >= 0.3 is 0 Å². The normalized spacial score (nSPS) is 22.7. The van der Waals surface area contributed by atoms with Gasteiger partial charge in [0.1, 0.15) is 11.2 Å². The third-order valence-electron chi connectivity index (χ3n) is 6.50. The number of rotatable bonds is 6. The van der Waals surface area contributed by atoms with E-state index < -0.39 is 5.41 Å². The lowest BCUT2D eigenvalue weighted by molar-refractivity contribution is -0.137. The summed E-state index contributed by atoms with van der Waals surface area (Å²) in [6, 6.07) is 14.3. The molecule has 0 bridgehead atoms. The minimum atomic E-state index is -0.593. The summed E-state index contributed by atoms with van der Waals surface area (Å²) in [5.74, 6) is 1.14. The fourth-order valence-electron chi connectivity index (χ4n) is 5.02. The zero-order valence-electron chi connectivity index (χ0n) is 18.2. The zero-order chi connectivity index (χ0) is 21.0. The van der Waals surface area contributed by atoms with E-state index in [1.807, 2.05) is 32.3 Å². The lowest BCUT2D eigenvalue weighted by Gasteiger charge is -2.42. The lowest BCUT2D eigenvalue weighted by atomic mass is 9.75. The standard InChI is InChI=1S/C25H33N3O2/c1-27(2)24(29)25(23-14-7-8-16-26-23)15-9-17-28(19-25)18-20-10-3-6-13-22(20)30-21-11-4-5-12-21/h3,6-8,10,13-14,16,21H,4-5,9,11-12,15,17-19H2,1-2H3/t25-/m1/s1. The summed E-state index contributed by atoms with van der Waals surface area (Å²) in [6.45, 7) is 2.45. The van der Waals surface area contributed by atoms with E-state index in [1.54, 1.807) is 11.1 Å². The highest BCUT2D eigenvalue weighted by Crippen LogP contribution is 2.36. The number of benzene rings is 1. The Morgan fingerprint density at radius 1 is 1.13 bits per heavy atom. The van der Waals surface area contributed by atoms with Crippen LogP contribution in [-0.4, -0.2) is 54.0 Å². The first-order chi connectivity index (χ1) is 14.6. The van der Waals surface area contributed by atoms with Gasteiger partial charge < -0.3 is 9.64 Å². The second-order valence-electron chi connectivity index (χ2n) is 8.94. The molecule has 2 heterocycles. The van der Waals surface area contributed by atoms with Crippen LogP contribution >= 0.6 is 0 Å². The first kappa shape index (κ1) is 20.9. The van der Waals surface area contributed by atoms with E-state index in [0.29, 0.717) is 12.6 Å². The molecule has 1 saturated carbocycles. The molecular weight excluding hydrogens is 374 g/mol. The molecule has 5 nitrogen and oxygen atoms in total. The van der Waals surface area contributed by atoms with Crippen LogP contribution in [0.3, 0.4) is 0 Å². The van der Waals surface area contributed by atoms with Gasteiger partial charge in [-0.25, -0.2) is 0 Å². The topological polar surface area (TPSA) is 45.7 Å². The highest BCUT2D eigenvalue weighted by atomic mass is 16.5. The fourth-order valence-corrected chi connectivity index (χ4v) is 5.02. The number of likely N-dealkylation sites (N-methyl/N-ethyl adjacent to an activating group) is 1. The average Bonchev–Trinajstić information content (AvgIpc) is 3.28. The van der Waals surface area contributed by atoms with Crippen molar-refractivity contribution in [2.45, 2.75) is 56.6 Å². The van der Waals surface area contributed by atoms with Gasteiger partial charge in [0.25, 0.3) is 0 Å². The van der Waals surface area contributed by atoms with Gasteiger partial charge in [0.15, 0.2) is 0 Å². The van der Waals surface area contributed by atoms with Gasteiger partial charge in [0, 0.05) is 38.9 Å². The maximum Gasteiger partial charge on any atom is 0.235 e. The summed E-state index contributed by atoms with van der Waals surface area (Å²) in [6.07, 6.45) is 8.77. The van der Waals surface area contributed by atoms with Crippen molar-refractivity contribution in [1.82, 2.24) is 14.8 Å². The van der Waals surface area contributed by atoms with Gasteiger partial charge in [-0.3, -0.25) is 14.7 Å². The Morgan fingerprint density at radius 2 is 1.90 bits per heavy atom. The van der Waals surface area contributed by atoms with Crippen LogP contribution in [0.15, 0.2) is 48.7 Å². The first-order valence-electron chi connectivity index (χ1n) is 11.2. The summed E-state index contributed by atoms with van der Waals surface area (Å²) in [5.41, 5.74) is 1.49. The summed E-state index contributed by atoms with van der Waals surface area (Å²) in [5, 5.41) is 0. The smallest absolute Gasteiger partial charge is 0.235 e. The molecular formula is C25H33N3O2. The maximum atomic E-state index is 13.3. The third-order valence-corrected chi connectivity index (χ3v) is 6.50.